The molecular formula is C32H27N3O4. The van der Waals surface area contributed by atoms with Crippen molar-refractivity contribution in [1.29, 1.82) is 0 Å². The number of carbonyl (C=O) groups excluding carboxylic acids is 3. The Morgan fingerprint density at radius 2 is 1.41 bits per heavy atom. The summed E-state index contributed by atoms with van der Waals surface area (Å²) in [5.41, 5.74) is 5.36. The van der Waals surface area contributed by atoms with E-state index >= 15 is 0 Å². The molecule has 4 aromatic carbocycles. The minimum atomic E-state index is -0.494. The first kappa shape index (κ1) is 25.5. The fourth-order valence-corrected chi connectivity index (χ4v) is 4.47. The maximum atomic E-state index is 13.3. The first-order chi connectivity index (χ1) is 19.0. The second-order valence-corrected chi connectivity index (χ2v) is 8.85. The Morgan fingerprint density at radius 3 is 2.08 bits per heavy atom. The second kappa shape index (κ2) is 11.5. The van der Waals surface area contributed by atoms with Crippen LogP contribution in [0, 0.1) is 0 Å². The molecule has 0 atom stereocenters. The van der Waals surface area contributed by atoms with Crippen LogP contribution >= 0.6 is 0 Å². The molecule has 194 valence electrons. The van der Waals surface area contributed by atoms with Crippen LogP contribution in [0.1, 0.15) is 28.4 Å². The van der Waals surface area contributed by atoms with Gasteiger partial charge in [-0.25, -0.2) is 0 Å². The lowest BCUT2D eigenvalue weighted by atomic mass is 10.00. The molecule has 0 aromatic heterocycles. The molecule has 0 aliphatic carbocycles. The van der Waals surface area contributed by atoms with Crippen LogP contribution in [0.2, 0.25) is 0 Å². The van der Waals surface area contributed by atoms with Gasteiger partial charge in [-0.1, -0.05) is 66.7 Å². The number of esters is 1. The number of anilines is 3. The van der Waals surface area contributed by atoms with Crippen molar-refractivity contribution in [2.24, 2.45) is 0 Å². The van der Waals surface area contributed by atoms with Crippen LogP contribution in [0.25, 0.3) is 11.3 Å². The van der Waals surface area contributed by atoms with Gasteiger partial charge in [0.25, 0.3) is 11.8 Å². The van der Waals surface area contributed by atoms with Gasteiger partial charge in [-0.2, -0.15) is 0 Å². The average molecular weight is 518 g/mol. The number of nitrogens with one attached hydrogen (secondary N) is 2. The standard InChI is InChI=1S/C32H27N3O4/c1-2-39-28(36)21-35(32(38)23-13-7-4-8-14-23)25-19-17-24(18-20-25)33-30(22-11-5-3-6-12-22)29-26-15-9-10-16-27(26)34-31(29)37/h3-20,33H,2,21H2,1H3,(H,34,37). The Hall–Kier alpha value is -5.17. The summed E-state index contributed by atoms with van der Waals surface area (Å²) in [7, 11) is 0. The predicted molar refractivity (Wildman–Crippen MR) is 153 cm³/mol. The number of hydrogen-bond acceptors (Lipinski definition) is 5. The number of nitrogens with zero attached hydrogens (tertiary/aromatic N) is 1. The number of hydrogen-bond donors (Lipinski definition) is 2. The molecule has 0 saturated heterocycles. The maximum absolute atomic E-state index is 13.3. The Labute approximate surface area is 226 Å². The highest BCUT2D eigenvalue weighted by Crippen LogP contribution is 2.37. The van der Waals surface area contributed by atoms with Crippen molar-refractivity contribution in [3.8, 4) is 0 Å². The summed E-state index contributed by atoms with van der Waals surface area (Å²) in [5.74, 6) is -0.991. The molecule has 0 fully saturated rings. The van der Waals surface area contributed by atoms with Crippen molar-refractivity contribution < 1.29 is 19.1 Å². The van der Waals surface area contributed by atoms with Crippen LogP contribution in [-0.2, 0) is 14.3 Å². The van der Waals surface area contributed by atoms with Gasteiger partial charge in [0.2, 0.25) is 0 Å². The van der Waals surface area contributed by atoms with Gasteiger partial charge in [-0.05, 0) is 55.0 Å². The first-order valence-corrected chi connectivity index (χ1v) is 12.6. The Bertz CT molecular complexity index is 1530. The molecule has 0 unspecified atom stereocenters. The van der Waals surface area contributed by atoms with Gasteiger partial charge in [-0.15, -0.1) is 0 Å². The molecule has 0 spiro atoms. The van der Waals surface area contributed by atoms with Crippen LogP contribution in [0.5, 0.6) is 0 Å². The van der Waals surface area contributed by atoms with E-state index in [1.54, 1.807) is 43.3 Å². The molecule has 0 saturated carbocycles. The zero-order valence-electron chi connectivity index (χ0n) is 21.4. The number of amides is 2. The molecule has 1 aliphatic rings. The lowest BCUT2D eigenvalue weighted by molar-refractivity contribution is -0.141. The maximum Gasteiger partial charge on any atom is 0.326 e. The van der Waals surface area contributed by atoms with Gasteiger partial charge >= 0.3 is 5.97 Å². The lowest BCUT2D eigenvalue weighted by Crippen LogP contribution is -2.36. The summed E-state index contributed by atoms with van der Waals surface area (Å²) in [6.45, 7) is 1.73. The third kappa shape index (κ3) is 5.57. The Morgan fingerprint density at radius 1 is 0.795 bits per heavy atom. The fraction of sp³-hybridized carbons (Fsp3) is 0.0938. The van der Waals surface area contributed by atoms with Crippen molar-refractivity contribution in [3.63, 3.8) is 0 Å². The van der Waals surface area contributed by atoms with Gasteiger partial charge in [0.15, 0.2) is 0 Å². The third-order valence-electron chi connectivity index (χ3n) is 6.29. The lowest BCUT2D eigenvalue weighted by Gasteiger charge is -2.23. The van der Waals surface area contributed by atoms with Gasteiger partial charge in [-0.3, -0.25) is 19.3 Å². The second-order valence-electron chi connectivity index (χ2n) is 8.85. The first-order valence-electron chi connectivity index (χ1n) is 12.6. The molecule has 0 bridgehead atoms. The van der Waals surface area contributed by atoms with Crippen LogP contribution < -0.4 is 15.5 Å². The summed E-state index contributed by atoms with van der Waals surface area (Å²) in [6, 6.07) is 33.2. The molecule has 1 aliphatic heterocycles. The van der Waals surface area contributed by atoms with E-state index in [0.717, 1.165) is 16.8 Å². The molecule has 7 heteroatoms. The smallest absolute Gasteiger partial charge is 0.326 e. The van der Waals surface area contributed by atoms with E-state index in [4.69, 9.17) is 4.74 Å². The zero-order valence-corrected chi connectivity index (χ0v) is 21.4. The summed E-state index contributed by atoms with van der Waals surface area (Å²) in [5, 5.41) is 6.36. The molecule has 7 nitrogen and oxygen atoms in total. The number of ether oxygens (including phenoxy) is 1. The molecule has 2 amide bonds. The molecule has 39 heavy (non-hydrogen) atoms. The highest BCUT2D eigenvalue weighted by molar-refractivity contribution is 6.37. The van der Waals surface area contributed by atoms with Crippen LogP contribution in [0.3, 0.4) is 0 Å². The van der Waals surface area contributed by atoms with E-state index in [9.17, 15) is 14.4 Å². The van der Waals surface area contributed by atoms with Crippen molar-refractivity contribution in [1.82, 2.24) is 0 Å². The predicted octanol–water partition coefficient (Wildman–Crippen LogP) is 5.83. The minimum absolute atomic E-state index is 0.187. The van der Waals surface area contributed by atoms with Crippen molar-refractivity contribution in [2.45, 2.75) is 6.92 Å². The minimum Gasteiger partial charge on any atom is -0.465 e. The number of rotatable bonds is 8. The highest BCUT2D eigenvalue weighted by Gasteiger charge is 2.28. The quantitative estimate of drug-likeness (QED) is 0.227. The average Bonchev–Trinajstić information content (AvgIpc) is 3.31. The summed E-state index contributed by atoms with van der Waals surface area (Å²) >= 11 is 0. The van der Waals surface area contributed by atoms with Gasteiger partial charge in [0.1, 0.15) is 6.54 Å². The SMILES string of the molecule is CCOC(=O)CN(C(=O)c1ccccc1)c1ccc(NC(=C2C(=O)Nc3ccccc32)c2ccccc2)cc1. The zero-order chi connectivity index (χ0) is 27.2. The highest BCUT2D eigenvalue weighted by atomic mass is 16.5. The fourth-order valence-electron chi connectivity index (χ4n) is 4.47. The van der Waals surface area contributed by atoms with Crippen molar-refractivity contribution >= 4 is 46.1 Å². The Balaban J connectivity index is 1.49. The Kier molecular flexibility index (Phi) is 7.50. The van der Waals surface area contributed by atoms with E-state index in [2.05, 4.69) is 10.6 Å². The third-order valence-corrected chi connectivity index (χ3v) is 6.29. The normalized spacial score (nSPS) is 13.2. The van der Waals surface area contributed by atoms with Gasteiger partial charge in [0, 0.05) is 28.2 Å². The van der Waals surface area contributed by atoms with E-state index in [0.29, 0.717) is 28.2 Å². The molecule has 2 N–H and O–H groups in total. The molecule has 5 rings (SSSR count). The van der Waals surface area contributed by atoms with Gasteiger partial charge < -0.3 is 15.4 Å². The molecule has 0 radical (unpaired) electrons. The van der Waals surface area contributed by atoms with E-state index in [1.807, 2.05) is 72.8 Å². The van der Waals surface area contributed by atoms with Crippen LogP contribution in [0.4, 0.5) is 17.1 Å². The number of para-hydroxylation sites is 1. The number of benzene rings is 4. The summed E-state index contributed by atoms with van der Waals surface area (Å²) in [6.07, 6.45) is 0. The van der Waals surface area contributed by atoms with E-state index in [1.165, 1.54) is 4.90 Å². The number of carbonyl (C=O) groups is 3. The summed E-state index contributed by atoms with van der Waals surface area (Å²) in [4.78, 5) is 40.1. The number of fused-ring (bicyclic) bond motifs is 1. The van der Waals surface area contributed by atoms with Crippen molar-refractivity contribution in [3.05, 3.63) is 126 Å². The van der Waals surface area contributed by atoms with Crippen LogP contribution in [0.15, 0.2) is 109 Å². The molecule has 1 heterocycles. The van der Waals surface area contributed by atoms with E-state index in [-0.39, 0.29) is 25.0 Å². The molecular weight excluding hydrogens is 490 g/mol. The van der Waals surface area contributed by atoms with E-state index < -0.39 is 5.97 Å². The van der Waals surface area contributed by atoms with Gasteiger partial charge in [0.05, 0.1) is 17.9 Å². The largest absolute Gasteiger partial charge is 0.465 e. The molecule has 4 aromatic rings. The topological polar surface area (TPSA) is 87.7 Å². The monoisotopic (exact) mass is 517 g/mol. The van der Waals surface area contributed by atoms with Crippen LogP contribution in [-0.4, -0.2) is 30.9 Å². The van der Waals surface area contributed by atoms with Crippen molar-refractivity contribution in [2.75, 3.05) is 28.7 Å². The summed E-state index contributed by atoms with van der Waals surface area (Å²) < 4.78 is 5.11.